The Labute approximate surface area is 153 Å². The molecule has 1 aromatic rings. The molecule has 0 saturated heterocycles. The van der Waals surface area contributed by atoms with Crippen molar-refractivity contribution in [2.24, 2.45) is 16.3 Å². The molecule has 0 fully saturated rings. The van der Waals surface area contributed by atoms with E-state index in [0.717, 1.165) is 11.8 Å². The summed E-state index contributed by atoms with van der Waals surface area (Å²) in [4.78, 5) is 12.1. The number of nitrogens with zero attached hydrogens (tertiary/aromatic N) is 2. The van der Waals surface area contributed by atoms with Crippen LogP contribution in [-0.4, -0.2) is 37.3 Å². The van der Waals surface area contributed by atoms with Crippen LogP contribution >= 0.6 is 11.8 Å². The molecule has 1 aliphatic heterocycles. The van der Waals surface area contributed by atoms with Crippen molar-refractivity contribution in [3.8, 4) is 0 Å². The normalized spacial score (nSPS) is 21.3. The fraction of sp³-hybridized carbons (Fsp3) is 0.500. The second-order valence-electron chi connectivity index (χ2n) is 6.97. The maximum Gasteiger partial charge on any atom is 0.249 e. The first kappa shape index (κ1) is 19.7. The van der Waals surface area contributed by atoms with Gasteiger partial charge >= 0.3 is 0 Å². The minimum atomic E-state index is -3.34. The summed E-state index contributed by atoms with van der Waals surface area (Å²) in [5.41, 5.74) is 6.15. The predicted octanol–water partition coefficient (Wildman–Crippen LogP) is 1.63. The highest BCUT2D eigenvalue weighted by Gasteiger charge is 2.49. The molecule has 0 bridgehead atoms. The second-order valence-corrected chi connectivity index (χ2v) is 10.1. The summed E-state index contributed by atoms with van der Waals surface area (Å²) >= 11 is 1.27. The molecular weight excluding hydrogens is 360 g/mol. The zero-order valence-corrected chi connectivity index (χ0v) is 16.4. The molecule has 0 radical (unpaired) electrons. The van der Waals surface area contributed by atoms with Crippen molar-refractivity contribution in [3.05, 3.63) is 35.9 Å². The van der Waals surface area contributed by atoms with E-state index in [1.807, 2.05) is 51.1 Å². The standard InChI is InChI=1S/C16H24N4O3S2/c1-15(2,3)13(21)20-16(24-14(17)19-20,10-11-18-25(4,22)23)12-8-6-5-7-9-12/h5-9,18H,10-11H2,1-4H3,(H2,17,19). The lowest BCUT2D eigenvalue weighted by Crippen LogP contribution is -2.47. The van der Waals surface area contributed by atoms with E-state index in [-0.39, 0.29) is 17.6 Å². The third kappa shape index (κ3) is 4.53. The van der Waals surface area contributed by atoms with Crippen molar-refractivity contribution in [2.75, 3.05) is 12.8 Å². The Kier molecular flexibility index (Phi) is 5.50. The molecule has 138 valence electrons. The zero-order chi connectivity index (χ0) is 18.9. The number of rotatable bonds is 5. The number of sulfonamides is 1. The van der Waals surface area contributed by atoms with E-state index >= 15 is 0 Å². The van der Waals surface area contributed by atoms with E-state index in [0.29, 0.717) is 6.42 Å². The van der Waals surface area contributed by atoms with Crippen LogP contribution in [0.4, 0.5) is 0 Å². The van der Waals surface area contributed by atoms with Gasteiger partial charge in [0.1, 0.15) is 4.87 Å². The average Bonchev–Trinajstić information content (AvgIpc) is 2.83. The average molecular weight is 385 g/mol. The van der Waals surface area contributed by atoms with Crippen molar-refractivity contribution in [3.63, 3.8) is 0 Å². The highest BCUT2D eigenvalue weighted by molar-refractivity contribution is 8.14. The summed E-state index contributed by atoms with van der Waals surface area (Å²) in [5, 5.41) is 5.95. The molecule has 1 unspecified atom stereocenters. The molecular formula is C16H24N4O3S2. The molecule has 0 aromatic heterocycles. The third-order valence-corrected chi connectivity index (χ3v) is 5.67. The number of hydrogen-bond acceptors (Lipinski definition) is 6. The second kappa shape index (κ2) is 6.97. The molecule has 0 spiro atoms. The summed E-state index contributed by atoms with van der Waals surface area (Å²) in [6.45, 7) is 5.61. The maximum absolute atomic E-state index is 13.0. The molecule has 9 heteroatoms. The number of nitrogens with two attached hydrogens (primary N) is 1. The van der Waals surface area contributed by atoms with Gasteiger partial charge in [-0.05, 0) is 5.56 Å². The van der Waals surface area contributed by atoms with Crippen molar-refractivity contribution in [2.45, 2.75) is 32.1 Å². The molecule has 1 aliphatic rings. The molecule has 1 aromatic carbocycles. The number of hydrazone groups is 1. The van der Waals surface area contributed by atoms with Gasteiger partial charge in [0.05, 0.1) is 6.26 Å². The fourth-order valence-corrected chi connectivity index (χ4v) is 4.14. The van der Waals surface area contributed by atoms with Gasteiger partial charge in [-0.25, -0.2) is 18.1 Å². The molecule has 7 nitrogen and oxygen atoms in total. The van der Waals surface area contributed by atoms with E-state index in [1.165, 1.54) is 16.8 Å². The van der Waals surface area contributed by atoms with E-state index in [4.69, 9.17) is 5.73 Å². The molecule has 1 heterocycles. The van der Waals surface area contributed by atoms with Gasteiger partial charge in [-0.2, -0.15) is 0 Å². The van der Waals surface area contributed by atoms with E-state index in [2.05, 4.69) is 9.82 Å². The summed E-state index contributed by atoms with van der Waals surface area (Å²) in [7, 11) is -3.34. The Bertz CT molecular complexity index is 772. The Morgan fingerprint density at radius 3 is 2.44 bits per heavy atom. The smallest absolute Gasteiger partial charge is 0.249 e. The Morgan fingerprint density at radius 2 is 1.92 bits per heavy atom. The van der Waals surface area contributed by atoms with Crippen molar-refractivity contribution >= 4 is 32.9 Å². The molecule has 2 rings (SSSR count). The lowest BCUT2D eigenvalue weighted by Gasteiger charge is -2.38. The number of thioether (sulfide) groups is 1. The first-order chi connectivity index (χ1) is 11.5. The van der Waals surface area contributed by atoms with Crippen LogP contribution in [0.2, 0.25) is 0 Å². The lowest BCUT2D eigenvalue weighted by atomic mass is 9.93. The first-order valence-corrected chi connectivity index (χ1v) is 10.5. The summed E-state index contributed by atoms with van der Waals surface area (Å²) < 4.78 is 25.4. The van der Waals surface area contributed by atoms with Crippen LogP contribution in [0.5, 0.6) is 0 Å². The molecule has 3 N–H and O–H groups in total. The van der Waals surface area contributed by atoms with E-state index < -0.39 is 20.3 Å². The number of nitrogens with one attached hydrogen (secondary N) is 1. The highest BCUT2D eigenvalue weighted by atomic mass is 32.2. The van der Waals surface area contributed by atoms with Gasteiger partial charge in [-0.3, -0.25) is 4.79 Å². The largest absolute Gasteiger partial charge is 0.377 e. The molecule has 1 atom stereocenters. The SMILES string of the molecule is CC(C)(C)C(=O)N1N=C(N)SC1(CCNS(C)(=O)=O)c1ccccc1. The van der Waals surface area contributed by atoms with Gasteiger partial charge in [0, 0.05) is 18.4 Å². The predicted molar refractivity (Wildman–Crippen MR) is 101 cm³/mol. The lowest BCUT2D eigenvalue weighted by molar-refractivity contribution is -0.143. The van der Waals surface area contributed by atoms with E-state index in [1.54, 1.807) is 0 Å². The number of hydrogen-bond donors (Lipinski definition) is 2. The van der Waals surface area contributed by atoms with Gasteiger partial charge in [-0.15, -0.1) is 5.10 Å². The minimum Gasteiger partial charge on any atom is -0.377 e. The summed E-state index contributed by atoms with van der Waals surface area (Å²) in [6, 6.07) is 9.41. The maximum atomic E-state index is 13.0. The van der Waals surface area contributed by atoms with Gasteiger partial charge < -0.3 is 5.73 Å². The monoisotopic (exact) mass is 384 g/mol. The molecule has 25 heavy (non-hydrogen) atoms. The van der Waals surface area contributed by atoms with Crippen LogP contribution in [-0.2, 0) is 19.7 Å². The topological polar surface area (TPSA) is 105 Å². The molecule has 1 amide bonds. The van der Waals surface area contributed by atoms with Crippen LogP contribution in [0.1, 0.15) is 32.8 Å². The Hall–Kier alpha value is -1.58. The molecule has 0 aliphatic carbocycles. The minimum absolute atomic E-state index is 0.164. The third-order valence-electron chi connectivity index (χ3n) is 3.70. The summed E-state index contributed by atoms with van der Waals surface area (Å²) in [5.74, 6) is -0.177. The van der Waals surface area contributed by atoms with Gasteiger partial charge in [-0.1, -0.05) is 62.9 Å². The van der Waals surface area contributed by atoms with Crippen molar-refractivity contribution < 1.29 is 13.2 Å². The number of amides is 1. The quantitative estimate of drug-likeness (QED) is 0.803. The number of amidine groups is 1. The van der Waals surface area contributed by atoms with Crippen LogP contribution in [0.3, 0.4) is 0 Å². The highest BCUT2D eigenvalue weighted by Crippen LogP contribution is 2.48. The van der Waals surface area contributed by atoms with Crippen LogP contribution in [0.15, 0.2) is 35.4 Å². The van der Waals surface area contributed by atoms with Crippen LogP contribution in [0.25, 0.3) is 0 Å². The molecule has 0 saturated carbocycles. The van der Waals surface area contributed by atoms with Crippen LogP contribution in [0, 0.1) is 5.41 Å². The number of benzene rings is 1. The van der Waals surface area contributed by atoms with E-state index in [9.17, 15) is 13.2 Å². The first-order valence-electron chi connectivity index (χ1n) is 7.84. The van der Waals surface area contributed by atoms with Gasteiger partial charge in [0.15, 0.2) is 5.17 Å². The van der Waals surface area contributed by atoms with Crippen molar-refractivity contribution in [1.82, 2.24) is 9.73 Å². The van der Waals surface area contributed by atoms with Gasteiger partial charge in [0.25, 0.3) is 0 Å². The number of carbonyl (C=O) groups is 1. The zero-order valence-electron chi connectivity index (χ0n) is 14.8. The number of carbonyl (C=O) groups excluding carboxylic acids is 1. The summed E-state index contributed by atoms with van der Waals surface area (Å²) in [6.07, 6.45) is 1.44. The Morgan fingerprint density at radius 1 is 1.32 bits per heavy atom. The fourth-order valence-electron chi connectivity index (χ4n) is 2.53. The van der Waals surface area contributed by atoms with Crippen molar-refractivity contribution in [1.29, 1.82) is 0 Å². The van der Waals surface area contributed by atoms with Gasteiger partial charge in [0.2, 0.25) is 15.9 Å². The van der Waals surface area contributed by atoms with Crippen LogP contribution < -0.4 is 10.5 Å². The Balaban J connectivity index is 2.45.